The molecule has 0 bridgehead atoms. The SMILES string of the molecule is NC1C2CN(c3cc4c(Nc5cccc(Oc6ccccc6)c5)ncnc4cn3)CC12. The number of ether oxygens (including phenoxy) is 1. The molecule has 0 amide bonds. The van der Waals surface area contributed by atoms with Gasteiger partial charge in [0.15, 0.2) is 0 Å². The summed E-state index contributed by atoms with van der Waals surface area (Å²) in [5, 5.41) is 4.35. The van der Waals surface area contributed by atoms with Crippen molar-refractivity contribution < 1.29 is 4.74 Å². The second kappa shape index (κ2) is 7.21. The van der Waals surface area contributed by atoms with Crippen molar-refractivity contribution in [2.45, 2.75) is 6.04 Å². The molecule has 2 aromatic heterocycles. The summed E-state index contributed by atoms with van der Waals surface area (Å²) in [6.07, 6.45) is 3.37. The molecule has 1 aliphatic carbocycles. The highest BCUT2D eigenvalue weighted by molar-refractivity contribution is 5.92. The Bertz CT molecular complexity index is 1240. The van der Waals surface area contributed by atoms with Crippen LogP contribution in [-0.2, 0) is 0 Å². The number of fused-ring (bicyclic) bond motifs is 2. The molecule has 7 heteroatoms. The number of pyridine rings is 1. The van der Waals surface area contributed by atoms with E-state index in [1.54, 1.807) is 6.33 Å². The van der Waals surface area contributed by atoms with Gasteiger partial charge < -0.3 is 20.7 Å². The molecule has 1 aliphatic heterocycles. The van der Waals surface area contributed by atoms with E-state index in [1.807, 2.05) is 60.8 Å². The Hall–Kier alpha value is -3.71. The number of hydrogen-bond donors (Lipinski definition) is 2. The van der Waals surface area contributed by atoms with Crippen LogP contribution in [0.25, 0.3) is 10.9 Å². The summed E-state index contributed by atoms with van der Waals surface area (Å²) in [4.78, 5) is 15.8. The average Bonchev–Trinajstić information content (AvgIpc) is 3.19. The smallest absolute Gasteiger partial charge is 0.141 e. The van der Waals surface area contributed by atoms with Gasteiger partial charge in [0.25, 0.3) is 0 Å². The first-order valence-corrected chi connectivity index (χ1v) is 10.5. The molecule has 2 unspecified atom stereocenters. The van der Waals surface area contributed by atoms with E-state index in [0.717, 1.165) is 52.8 Å². The fraction of sp³-hybridized carbons (Fsp3) is 0.208. The molecule has 0 radical (unpaired) electrons. The summed E-state index contributed by atoms with van der Waals surface area (Å²) < 4.78 is 5.95. The molecule has 0 spiro atoms. The number of para-hydroxylation sites is 1. The Morgan fingerprint density at radius 2 is 1.71 bits per heavy atom. The molecule has 2 atom stereocenters. The molecule has 2 fully saturated rings. The lowest BCUT2D eigenvalue weighted by atomic mass is 10.2. The van der Waals surface area contributed by atoms with Crippen molar-refractivity contribution in [3.05, 3.63) is 73.2 Å². The van der Waals surface area contributed by atoms with E-state index in [2.05, 4.69) is 31.2 Å². The summed E-state index contributed by atoms with van der Waals surface area (Å²) in [6.45, 7) is 1.94. The normalized spacial score (nSPS) is 21.7. The predicted molar refractivity (Wildman–Crippen MR) is 121 cm³/mol. The minimum atomic E-state index is 0.364. The molecule has 3 N–H and O–H groups in total. The van der Waals surface area contributed by atoms with Crippen LogP contribution in [-0.4, -0.2) is 34.1 Å². The molecule has 7 nitrogen and oxygen atoms in total. The lowest BCUT2D eigenvalue weighted by Gasteiger charge is -2.20. The number of piperidine rings is 1. The topological polar surface area (TPSA) is 89.2 Å². The maximum absolute atomic E-state index is 6.09. The molecule has 3 heterocycles. The van der Waals surface area contributed by atoms with Crippen LogP contribution >= 0.6 is 0 Å². The van der Waals surface area contributed by atoms with Crippen LogP contribution < -0.4 is 20.7 Å². The quantitative estimate of drug-likeness (QED) is 0.515. The highest BCUT2D eigenvalue weighted by Crippen LogP contribution is 2.45. The molecule has 6 rings (SSSR count). The Morgan fingerprint density at radius 1 is 0.903 bits per heavy atom. The van der Waals surface area contributed by atoms with Gasteiger partial charge in [-0.25, -0.2) is 15.0 Å². The second-order valence-electron chi connectivity index (χ2n) is 8.16. The van der Waals surface area contributed by atoms with Crippen LogP contribution in [0.2, 0.25) is 0 Å². The molecule has 4 aromatic rings. The van der Waals surface area contributed by atoms with Crippen LogP contribution in [0, 0.1) is 11.8 Å². The zero-order chi connectivity index (χ0) is 20.8. The minimum absolute atomic E-state index is 0.364. The zero-order valence-electron chi connectivity index (χ0n) is 16.8. The summed E-state index contributed by atoms with van der Waals surface area (Å²) >= 11 is 0. The van der Waals surface area contributed by atoms with Crippen LogP contribution in [0.3, 0.4) is 0 Å². The molecule has 2 aliphatic rings. The fourth-order valence-corrected chi connectivity index (χ4v) is 4.38. The molecule has 31 heavy (non-hydrogen) atoms. The van der Waals surface area contributed by atoms with Crippen molar-refractivity contribution in [3.63, 3.8) is 0 Å². The number of hydrogen-bond acceptors (Lipinski definition) is 7. The maximum atomic E-state index is 6.09. The number of benzene rings is 2. The summed E-state index contributed by atoms with van der Waals surface area (Å²) in [7, 11) is 0. The third-order valence-electron chi connectivity index (χ3n) is 6.17. The van der Waals surface area contributed by atoms with Gasteiger partial charge in [0.1, 0.15) is 29.5 Å². The minimum Gasteiger partial charge on any atom is -0.457 e. The Balaban J connectivity index is 1.27. The monoisotopic (exact) mass is 410 g/mol. The van der Waals surface area contributed by atoms with E-state index in [1.165, 1.54) is 0 Å². The predicted octanol–water partition coefficient (Wildman–Crippen LogP) is 3.95. The standard InChI is InChI=1S/C24H22N6O/c25-23-19-12-30(13-20(19)23)22-10-18-21(11-26-22)27-14-28-24(18)29-15-5-4-8-17(9-15)31-16-6-2-1-3-7-16/h1-11,14,19-20,23H,12-13,25H2,(H,27,28,29). The van der Waals surface area contributed by atoms with Gasteiger partial charge in [-0.3, -0.25) is 0 Å². The van der Waals surface area contributed by atoms with Crippen LogP contribution in [0.1, 0.15) is 0 Å². The number of anilines is 3. The molecule has 1 saturated carbocycles. The van der Waals surface area contributed by atoms with Gasteiger partial charge in [0.2, 0.25) is 0 Å². The van der Waals surface area contributed by atoms with Crippen molar-refractivity contribution in [2.75, 3.05) is 23.3 Å². The first-order chi connectivity index (χ1) is 15.2. The first-order valence-electron chi connectivity index (χ1n) is 10.5. The van der Waals surface area contributed by atoms with Crippen molar-refractivity contribution >= 4 is 28.2 Å². The Labute approximate surface area is 179 Å². The van der Waals surface area contributed by atoms with E-state index in [-0.39, 0.29) is 0 Å². The number of nitrogens with zero attached hydrogens (tertiary/aromatic N) is 4. The van der Waals surface area contributed by atoms with Crippen LogP contribution in [0.4, 0.5) is 17.3 Å². The number of aromatic nitrogens is 3. The third kappa shape index (κ3) is 3.43. The lowest BCUT2D eigenvalue weighted by Crippen LogP contribution is -2.28. The van der Waals surface area contributed by atoms with E-state index >= 15 is 0 Å². The van der Waals surface area contributed by atoms with Crippen LogP contribution in [0.5, 0.6) is 11.5 Å². The Kier molecular flexibility index (Phi) is 4.21. The van der Waals surface area contributed by atoms with Gasteiger partial charge >= 0.3 is 0 Å². The van der Waals surface area contributed by atoms with Crippen molar-refractivity contribution in [1.82, 2.24) is 15.0 Å². The van der Waals surface area contributed by atoms with Gasteiger partial charge in [-0.05, 0) is 42.2 Å². The first kappa shape index (κ1) is 18.1. The van der Waals surface area contributed by atoms with Gasteiger partial charge in [0.05, 0.1) is 11.7 Å². The Morgan fingerprint density at radius 3 is 2.55 bits per heavy atom. The largest absolute Gasteiger partial charge is 0.457 e. The fourth-order valence-electron chi connectivity index (χ4n) is 4.38. The third-order valence-corrected chi connectivity index (χ3v) is 6.17. The van der Waals surface area contributed by atoms with E-state index in [9.17, 15) is 0 Å². The van der Waals surface area contributed by atoms with Crippen molar-refractivity contribution in [2.24, 2.45) is 17.6 Å². The summed E-state index contributed by atoms with van der Waals surface area (Å²) in [5.74, 6) is 4.46. The van der Waals surface area contributed by atoms with Gasteiger partial charge in [-0.2, -0.15) is 0 Å². The van der Waals surface area contributed by atoms with Crippen LogP contribution in [0.15, 0.2) is 73.2 Å². The second-order valence-corrected chi connectivity index (χ2v) is 8.16. The van der Waals surface area contributed by atoms with Crippen molar-refractivity contribution in [1.29, 1.82) is 0 Å². The maximum Gasteiger partial charge on any atom is 0.141 e. The van der Waals surface area contributed by atoms with E-state index in [0.29, 0.717) is 17.9 Å². The summed E-state index contributed by atoms with van der Waals surface area (Å²) in [5.41, 5.74) is 7.78. The van der Waals surface area contributed by atoms with Gasteiger partial charge in [-0.15, -0.1) is 0 Å². The van der Waals surface area contributed by atoms with Crippen molar-refractivity contribution in [3.8, 4) is 11.5 Å². The average molecular weight is 410 g/mol. The summed E-state index contributed by atoms with van der Waals surface area (Å²) in [6, 6.07) is 20.0. The van der Waals surface area contributed by atoms with E-state index in [4.69, 9.17) is 10.5 Å². The van der Waals surface area contributed by atoms with Gasteiger partial charge in [0, 0.05) is 36.3 Å². The number of rotatable bonds is 5. The molecule has 154 valence electrons. The number of nitrogens with two attached hydrogens (primary N) is 1. The van der Waals surface area contributed by atoms with Gasteiger partial charge in [-0.1, -0.05) is 24.3 Å². The lowest BCUT2D eigenvalue weighted by molar-refractivity contribution is 0.483. The number of nitrogens with one attached hydrogen (secondary N) is 1. The molecule has 1 saturated heterocycles. The molecule has 2 aromatic carbocycles. The molecular weight excluding hydrogens is 388 g/mol. The highest BCUT2D eigenvalue weighted by atomic mass is 16.5. The molecular formula is C24H22N6O. The van der Waals surface area contributed by atoms with E-state index < -0.39 is 0 Å². The zero-order valence-corrected chi connectivity index (χ0v) is 16.8. The highest BCUT2D eigenvalue weighted by Gasteiger charge is 2.53.